The maximum atomic E-state index is 11.8. The topological polar surface area (TPSA) is 72.5 Å². The molecule has 2 aromatic rings. The second kappa shape index (κ2) is 9.52. The Morgan fingerprint density at radius 1 is 1.12 bits per heavy atom. The van der Waals surface area contributed by atoms with Gasteiger partial charge in [0.1, 0.15) is 0 Å². The van der Waals surface area contributed by atoms with Gasteiger partial charge in [-0.2, -0.15) is 0 Å². The van der Waals surface area contributed by atoms with Crippen molar-refractivity contribution < 1.29 is 14.3 Å². The Labute approximate surface area is 142 Å². The van der Waals surface area contributed by atoms with Crippen LogP contribution in [0.3, 0.4) is 0 Å². The largest absolute Gasteiger partial charge is 0.493 e. The first-order valence-corrected chi connectivity index (χ1v) is 7.80. The minimum Gasteiger partial charge on any atom is -0.493 e. The summed E-state index contributed by atoms with van der Waals surface area (Å²) >= 11 is 0. The van der Waals surface area contributed by atoms with Crippen molar-refractivity contribution >= 4 is 5.91 Å². The molecular formula is C18H23N3O3. The van der Waals surface area contributed by atoms with E-state index in [1.54, 1.807) is 26.6 Å². The molecule has 1 heterocycles. The molecule has 24 heavy (non-hydrogen) atoms. The van der Waals surface area contributed by atoms with Gasteiger partial charge in [-0.05, 0) is 42.3 Å². The summed E-state index contributed by atoms with van der Waals surface area (Å²) in [4.78, 5) is 15.8. The van der Waals surface area contributed by atoms with E-state index in [4.69, 9.17) is 9.47 Å². The van der Waals surface area contributed by atoms with Crippen molar-refractivity contribution in [3.05, 3.63) is 53.9 Å². The molecule has 1 aromatic heterocycles. The molecule has 1 amide bonds. The Kier molecular flexibility index (Phi) is 7.04. The van der Waals surface area contributed by atoms with E-state index < -0.39 is 0 Å². The Hall–Kier alpha value is -2.60. The zero-order valence-electron chi connectivity index (χ0n) is 14.0. The second-order valence-corrected chi connectivity index (χ2v) is 5.25. The number of nitrogens with zero attached hydrogens (tertiary/aromatic N) is 1. The van der Waals surface area contributed by atoms with Gasteiger partial charge < -0.3 is 20.1 Å². The third kappa shape index (κ3) is 5.55. The van der Waals surface area contributed by atoms with E-state index in [-0.39, 0.29) is 12.5 Å². The van der Waals surface area contributed by atoms with Crippen LogP contribution in [-0.2, 0) is 17.8 Å². The molecular weight excluding hydrogens is 306 g/mol. The summed E-state index contributed by atoms with van der Waals surface area (Å²) in [7, 11) is 3.23. The third-order valence-corrected chi connectivity index (χ3v) is 3.54. The van der Waals surface area contributed by atoms with Crippen LogP contribution in [0.4, 0.5) is 0 Å². The van der Waals surface area contributed by atoms with Crippen molar-refractivity contribution in [1.82, 2.24) is 15.6 Å². The zero-order valence-corrected chi connectivity index (χ0v) is 14.0. The number of benzene rings is 1. The van der Waals surface area contributed by atoms with Crippen LogP contribution in [0.25, 0.3) is 0 Å². The summed E-state index contributed by atoms with van der Waals surface area (Å²) in [6.07, 6.45) is 4.25. The van der Waals surface area contributed by atoms with E-state index in [1.807, 2.05) is 30.3 Å². The van der Waals surface area contributed by atoms with E-state index in [0.29, 0.717) is 24.6 Å². The molecule has 0 unspecified atom stereocenters. The van der Waals surface area contributed by atoms with Gasteiger partial charge in [0.2, 0.25) is 5.91 Å². The summed E-state index contributed by atoms with van der Waals surface area (Å²) in [6, 6.07) is 9.60. The van der Waals surface area contributed by atoms with Crippen molar-refractivity contribution in [2.45, 2.75) is 13.0 Å². The van der Waals surface area contributed by atoms with Crippen LogP contribution >= 0.6 is 0 Å². The predicted molar refractivity (Wildman–Crippen MR) is 92.2 cm³/mol. The molecule has 1 aromatic carbocycles. The van der Waals surface area contributed by atoms with E-state index in [2.05, 4.69) is 15.6 Å². The molecule has 2 N–H and O–H groups in total. The Morgan fingerprint density at radius 3 is 2.67 bits per heavy atom. The van der Waals surface area contributed by atoms with Crippen LogP contribution in [-0.4, -0.2) is 38.2 Å². The Morgan fingerprint density at radius 2 is 1.96 bits per heavy atom. The molecule has 0 saturated heterocycles. The fraction of sp³-hybridized carbons (Fsp3) is 0.333. The summed E-state index contributed by atoms with van der Waals surface area (Å²) in [5.74, 6) is 1.39. The summed E-state index contributed by atoms with van der Waals surface area (Å²) in [5, 5.41) is 5.99. The number of hydrogen-bond donors (Lipinski definition) is 2. The zero-order chi connectivity index (χ0) is 17.2. The minimum atomic E-state index is -0.0360. The summed E-state index contributed by atoms with van der Waals surface area (Å²) < 4.78 is 10.5. The van der Waals surface area contributed by atoms with Crippen molar-refractivity contribution in [1.29, 1.82) is 0 Å². The van der Waals surface area contributed by atoms with Gasteiger partial charge in [0.25, 0.3) is 0 Å². The number of carbonyl (C=O) groups excluding carboxylic acids is 1. The lowest BCUT2D eigenvalue weighted by atomic mass is 10.1. The van der Waals surface area contributed by atoms with Crippen molar-refractivity contribution in [3.8, 4) is 11.5 Å². The second-order valence-electron chi connectivity index (χ2n) is 5.25. The highest BCUT2D eigenvalue weighted by Crippen LogP contribution is 2.27. The van der Waals surface area contributed by atoms with Crippen molar-refractivity contribution in [2.75, 3.05) is 27.3 Å². The molecule has 0 bridgehead atoms. The number of aromatic nitrogens is 1. The first-order chi connectivity index (χ1) is 11.7. The van der Waals surface area contributed by atoms with Crippen LogP contribution in [0.5, 0.6) is 11.5 Å². The average Bonchev–Trinajstić information content (AvgIpc) is 2.64. The van der Waals surface area contributed by atoms with E-state index in [9.17, 15) is 4.79 Å². The minimum absolute atomic E-state index is 0.0360. The quantitative estimate of drug-likeness (QED) is 0.683. The molecule has 0 radical (unpaired) electrons. The molecule has 0 atom stereocenters. The number of pyridine rings is 1. The number of nitrogens with one attached hydrogen (secondary N) is 2. The predicted octanol–water partition coefficient (Wildman–Crippen LogP) is 1.55. The molecule has 6 heteroatoms. The lowest BCUT2D eigenvalue weighted by Gasteiger charge is -2.10. The lowest BCUT2D eigenvalue weighted by molar-refractivity contribution is -0.120. The Balaban J connectivity index is 1.68. The summed E-state index contributed by atoms with van der Waals surface area (Å²) in [6.45, 7) is 1.48. The van der Waals surface area contributed by atoms with Gasteiger partial charge in [0.05, 0.1) is 20.8 Å². The number of hydrogen-bond acceptors (Lipinski definition) is 5. The van der Waals surface area contributed by atoms with Gasteiger partial charge in [-0.1, -0.05) is 12.1 Å². The molecule has 0 aliphatic carbocycles. The highest BCUT2D eigenvalue weighted by molar-refractivity contribution is 5.77. The van der Waals surface area contributed by atoms with Gasteiger partial charge in [-0.3, -0.25) is 9.78 Å². The number of rotatable bonds is 9. The molecule has 6 nitrogen and oxygen atoms in total. The smallest absolute Gasteiger partial charge is 0.234 e. The molecule has 0 fully saturated rings. The van der Waals surface area contributed by atoms with Gasteiger partial charge in [0, 0.05) is 18.9 Å². The van der Waals surface area contributed by atoms with Gasteiger partial charge in [0.15, 0.2) is 11.5 Å². The highest BCUT2D eigenvalue weighted by Gasteiger charge is 2.05. The SMILES string of the molecule is COc1ccc(CCNCC(=O)NCc2cccnc2)cc1OC. The standard InChI is InChI=1S/C18H23N3O3/c1-23-16-6-5-14(10-17(16)24-2)7-9-20-13-18(22)21-12-15-4-3-8-19-11-15/h3-6,8,10-11,20H,7,9,12-13H2,1-2H3,(H,21,22). The highest BCUT2D eigenvalue weighted by atomic mass is 16.5. The van der Waals surface area contributed by atoms with Crippen LogP contribution in [0, 0.1) is 0 Å². The molecule has 0 aliphatic rings. The first kappa shape index (κ1) is 17.7. The molecule has 0 aliphatic heterocycles. The Bertz CT molecular complexity index is 647. The summed E-state index contributed by atoms with van der Waals surface area (Å²) in [5.41, 5.74) is 2.10. The molecule has 2 rings (SSSR count). The number of methoxy groups -OCH3 is 2. The fourth-order valence-electron chi connectivity index (χ4n) is 2.24. The van der Waals surface area contributed by atoms with Crippen LogP contribution < -0.4 is 20.1 Å². The van der Waals surface area contributed by atoms with E-state index >= 15 is 0 Å². The third-order valence-electron chi connectivity index (χ3n) is 3.54. The number of amides is 1. The molecule has 0 spiro atoms. The molecule has 0 saturated carbocycles. The van der Waals surface area contributed by atoms with Crippen molar-refractivity contribution in [2.24, 2.45) is 0 Å². The number of ether oxygens (including phenoxy) is 2. The monoisotopic (exact) mass is 329 g/mol. The van der Waals surface area contributed by atoms with Gasteiger partial charge in [-0.25, -0.2) is 0 Å². The van der Waals surface area contributed by atoms with Gasteiger partial charge >= 0.3 is 0 Å². The van der Waals surface area contributed by atoms with Crippen molar-refractivity contribution in [3.63, 3.8) is 0 Å². The normalized spacial score (nSPS) is 10.2. The van der Waals surface area contributed by atoms with E-state index in [0.717, 1.165) is 17.5 Å². The maximum absolute atomic E-state index is 11.8. The van der Waals surface area contributed by atoms with Crippen LogP contribution in [0.15, 0.2) is 42.7 Å². The van der Waals surface area contributed by atoms with Crippen LogP contribution in [0.1, 0.15) is 11.1 Å². The lowest BCUT2D eigenvalue weighted by Crippen LogP contribution is -2.34. The maximum Gasteiger partial charge on any atom is 0.234 e. The number of carbonyl (C=O) groups is 1. The molecule has 128 valence electrons. The fourth-order valence-corrected chi connectivity index (χ4v) is 2.24. The van der Waals surface area contributed by atoms with Gasteiger partial charge in [-0.15, -0.1) is 0 Å². The average molecular weight is 329 g/mol. The first-order valence-electron chi connectivity index (χ1n) is 7.80. The van der Waals surface area contributed by atoms with E-state index in [1.165, 1.54) is 0 Å². The van der Waals surface area contributed by atoms with Crippen LogP contribution in [0.2, 0.25) is 0 Å².